The lowest BCUT2D eigenvalue weighted by Gasteiger charge is -2.32. The van der Waals surface area contributed by atoms with Crippen molar-refractivity contribution in [2.24, 2.45) is 0 Å². The Morgan fingerprint density at radius 2 is 2.41 bits per heavy atom. The van der Waals surface area contributed by atoms with Crippen LogP contribution in [0, 0.1) is 0 Å². The largest absolute Gasteiger partial charge is 0.375 e. The lowest BCUT2D eigenvalue weighted by Crippen LogP contribution is -2.47. The van der Waals surface area contributed by atoms with Crippen molar-refractivity contribution in [2.75, 3.05) is 25.0 Å². The summed E-state index contributed by atoms with van der Waals surface area (Å²) in [6.07, 6.45) is 2.71. The second-order valence-electron chi connectivity index (χ2n) is 4.90. The van der Waals surface area contributed by atoms with Gasteiger partial charge >= 0.3 is 6.03 Å². The van der Waals surface area contributed by atoms with Gasteiger partial charge in [0.05, 0.1) is 12.7 Å². The highest BCUT2D eigenvalue weighted by atomic mass is 32.1. The molecular formula is C14H17N5O2S. The fraction of sp³-hybridized carbons (Fsp3) is 0.429. The van der Waals surface area contributed by atoms with Crippen molar-refractivity contribution in [3.8, 4) is 10.7 Å². The molecule has 1 aliphatic rings. The van der Waals surface area contributed by atoms with Crippen LogP contribution in [-0.2, 0) is 4.74 Å². The summed E-state index contributed by atoms with van der Waals surface area (Å²) < 4.78 is 5.56. The number of nitrogens with one attached hydrogen (secondary N) is 1. The molecule has 1 N–H and O–H groups in total. The molecule has 0 radical (unpaired) electrons. The highest BCUT2D eigenvalue weighted by Crippen LogP contribution is 2.24. The van der Waals surface area contributed by atoms with Crippen LogP contribution in [0.15, 0.2) is 24.4 Å². The maximum absolute atomic E-state index is 12.3. The Balaban J connectivity index is 1.64. The van der Waals surface area contributed by atoms with Gasteiger partial charge < -0.3 is 9.64 Å². The maximum atomic E-state index is 12.3. The molecule has 0 saturated carbocycles. The van der Waals surface area contributed by atoms with Crippen molar-refractivity contribution in [1.82, 2.24) is 20.1 Å². The Kier molecular flexibility index (Phi) is 4.59. The van der Waals surface area contributed by atoms with E-state index in [1.54, 1.807) is 11.1 Å². The van der Waals surface area contributed by atoms with Crippen LogP contribution in [0.2, 0.25) is 0 Å². The number of hydrogen-bond acceptors (Lipinski definition) is 6. The van der Waals surface area contributed by atoms with Crippen molar-refractivity contribution in [2.45, 2.75) is 19.4 Å². The zero-order valence-electron chi connectivity index (χ0n) is 12.2. The molecule has 2 aromatic rings. The van der Waals surface area contributed by atoms with Crippen molar-refractivity contribution in [1.29, 1.82) is 0 Å². The average Bonchev–Trinajstić information content (AvgIpc) is 3.04. The second-order valence-corrected chi connectivity index (χ2v) is 5.88. The SMILES string of the molecule is CCC1CN(C(=O)Nc2nnc(-c3ccccn3)s2)CCO1. The molecular weight excluding hydrogens is 302 g/mol. The zero-order chi connectivity index (χ0) is 15.4. The third kappa shape index (κ3) is 3.40. The van der Waals surface area contributed by atoms with Crippen LogP contribution in [-0.4, -0.2) is 51.9 Å². The molecule has 0 aromatic carbocycles. The average molecular weight is 319 g/mol. The van der Waals surface area contributed by atoms with Crippen molar-refractivity contribution < 1.29 is 9.53 Å². The summed E-state index contributed by atoms with van der Waals surface area (Å²) in [6, 6.07) is 5.43. The normalized spacial score (nSPS) is 18.2. The van der Waals surface area contributed by atoms with E-state index in [0.29, 0.717) is 29.8 Å². The lowest BCUT2D eigenvalue weighted by molar-refractivity contribution is -0.0134. The van der Waals surface area contributed by atoms with Crippen LogP contribution >= 0.6 is 11.3 Å². The van der Waals surface area contributed by atoms with Crippen molar-refractivity contribution in [3.63, 3.8) is 0 Å². The number of anilines is 1. The van der Waals surface area contributed by atoms with Gasteiger partial charge in [-0.3, -0.25) is 10.3 Å². The molecule has 1 aliphatic heterocycles. The summed E-state index contributed by atoms with van der Waals surface area (Å²) in [5, 5.41) is 12.0. The fourth-order valence-corrected chi connectivity index (χ4v) is 2.90. The Hall–Kier alpha value is -2.06. The van der Waals surface area contributed by atoms with E-state index >= 15 is 0 Å². The number of nitrogens with zero attached hydrogens (tertiary/aromatic N) is 4. The number of aromatic nitrogens is 3. The molecule has 1 unspecified atom stereocenters. The van der Waals surface area contributed by atoms with Gasteiger partial charge in [0.15, 0.2) is 5.01 Å². The Bertz CT molecular complexity index is 633. The summed E-state index contributed by atoms with van der Waals surface area (Å²) in [7, 11) is 0. The summed E-state index contributed by atoms with van der Waals surface area (Å²) in [6.45, 7) is 3.82. The topological polar surface area (TPSA) is 80.2 Å². The molecule has 1 fully saturated rings. The predicted octanol–water partition coefficient (Wildman–Crippen LogP) is 2.24. The zero-order valence-corrected chi connectivity index (χ0v) is 13.0. The minimum absolute atomic E-state index is 0.109. The third-order valence-electron chi connectivity index (χ3n) is 3.40. The lowest BCUT2D eigenvalue weighted by atomic mass is 10.2. The van der Waals surface area contributed by atoms with E-state index in [0.717, 1.165) is 12.1 Å². The predicted molar refractivity (Wildman–Crippen MR) is 83.8 cm³/mol. The van der Waals surface area contributed by atoms with Gasteiger partial charge in [0, 0.05) is 19.3 Å². The molecule has 3 rings (SSSR count). The number of carbonyl (C=O) groups is 1. The minimum Gasteiger partial charge on any atom is -0.375 e. The molecule has 7 nitrogen and oxygen atoms in total. The number of pyridine rings is 1. The van der Waals surface area contributed by atoms with Crippen LogP contribution in [0.4, 0.5) is 9.93 Å². The molecule has 1 saturated heterocycles. The number of amides is 2. The van der Waals surface area contributed by atoms with Gasteiger partial charge in [0.1, 0.15) is 5.69 Å². The standard InChI is InChI=1S/C14H17N5O2S/c1-2-10-9-19(7-8-21-10)14(20)16-13-18-17-12(22-13)11-5-3-4-6-15-11/h3-6,10H,2,7-9H2,1H3,(H,16,18,20). The number of hydrogen-bond donors (Lipinski definition) is 1. The Labute approximate surface area is 132 Å². The Morgan fingerprint density at radius 1 is 1.50 bits per heavy atom. The first-order valence-electron chi connectivity index (χ1n) is 7.18. The van der Waals surface area contributed by atoms with Gasteiger partial charge in [-0.1, -0.05) is 24.3 Å². The molecule has 2 aromatic heterocycles. The first-order chi connectivity index (χ1) is 10.8. The molecule has 3 heterocycles. The van der Waals surface area contributed by atoms with Crippen LogP contribution in [0.25, 0.3) is 10.7 Å². The van der Waals surface area contributed by atoms with E-state index in [1.807, 2.05) is 18.2 Å². The smallest absolute Gasteiger partial charge is 0.323 e. The number of ether oxygens (including phenoxy) is 1. The van der Waals surface area contributed by atoms with Gasteiger partial charge in [-0.15, -0.1) is 10.2 Å². The fourth-order valence-electron chi connectivity index (χ4n) is 2.19. The van der Waals surface area contributed by atoms with Crippen LogP contribution in [0.3, 0.4) is 0 Å². The molecule has 0 aliphatic carbocycles. The Morgan fingerprint density at radius 3 is 3.18 bits per heavy atom. The molecule has 116 valence electrons. The van der Waals surface area contributed by atoms with Gasteiger partial charge in [-0.25, -0.2) is 4.79 Å². The summed E-state index contributed by atoms with van der Waals surface area (Å²) in [5.74, 6) is 0. The van der Waals surface area contributed by atoms with E-state index in [1.165, 1.54) is 11.3 Å². The van der Waals surface area contributed by atoms with Crippen LogP contribution in [0.1, 0.15) is 13.3 Å². The van der Waals surface area contributed by atoms with Crippen molar-refractivity contribution >= 4 is 22.5 Å². The summed E-state index contributed by atoms with van der Waals surface area (Å²) in [4.78, 5) is 18.2. The highest BCUT2D eigenvalue weighted by molar-refractivity contribution is 7.18. The quantitative estimate of drug-likeness (QED) is 0.938. The monoisotopic (exact) mass is 319 g/mol. The van der Waals surface area contributed by atoms with E-state index in [2.05, 4.69) is 27.4 Å². The van der Waals surface area contributed by atoms with Gasteiger partial charge in [0.25, 0.3) is 0 Å². The van der Waals surface area contributed by atoms with E-state index in [4.69, 9.17) is 4.74 Å². The number of rotatable bonds is 3. The van der Waals surface area contributed by atoms with Gasteiger partial charge in [-0.2, -0.15) is 0 Å². The number of urea groups is 1. The van der Waals surface area contributed by atoms with Crippen LogP contribution in [0.5, 0.6) is 0 Å². The first kappa shape index (κ1) is 14.9. The maximum Gasteiger partial charge on any atom is 0.323 e. The third-order valence-corrected chi connectivity index (χ3v) is 4.27. The van der Waals surface area contributed by atoms with Gasteiger partial charge in [-0.05, 0) is 18.6 Å². The van der Waals surface area contributed by atoms with Gasteiger partial charge in [0.2, 0.25) is 5.13 Å². The highest BCUT2D eigenvalue weighted by Gasteiger charge is 2.23. The molecule has 2 amide bonds. The summed E-state index contributed by atoms with van der Waals surface area (Å²) >= 11 is 1.31. The van der Waals surface area contributed by atoms with Crippen molar-refractivity contribution in [3.05, 3.63) is 24.4 Å². The second kappa shape index (κ2) is 6.80. The van der Waals surface area contributed by atoms with E-state index in [-0.39, 0.29) is 12.1 Å². The van der Waals surface area contributed by atoms with Crippen LogP contribution < -0.4 is 5.32 Å². The van der Waals surface area contributed by atoms with E-state index < -0.39 is 0 Å². The molecule has 1 atom stereocenters. The minimum atomic E-state index is -0.162. The number of morpholine rings is 1. The molecule has 0 bridgehead atoms. The first-order valence-corrected chi connectivity index (χ1v) is 8.00. The number of carbonyl (C=O) groups excluding carboxylic acids is 1. The van der Waals surface area contributed by atoms with E-state index in [9.17, 15) is 4.79 Å². The molecule has 22 heavy (non-hydrogen) atoms. The summed E-state index contributed by atoms with van der Waals surface area (Å²) in [5.41, 5.74) is 0.748. The molecule has 8 heteroatoms. The molecule has 0 spiro atoms.